The molecule has 4 rings (SSSR count). The Bertz CT molecular complexity index is 707. The first kappa shape index (κ1) is 15.4. The van der Waals surface area contributed by atoms with Gasteiger partial charge in [0.15, 0.2) is 0 Å². The van der Waals surface area contributed by atoms with Crippen molar-refractivity contribution in [2.24, 2.45) is 0 Å². The predicted molar refractivity (Wildman–Crippen MR) is 96.0 cm³/mol. The van der Waals surface area contributed by atoms with E-state index in [0.717, 1.165) is 18.5 Å². The minimum Gasteiger partial charge on any atom is -0.349 e. The van der Waals surface area contributed by atoms with Gasteiger partial charge in [0.25, 0.3) is 5.91 Å². The van der Waals surface area contributed by atoms with Crippen molar-refractivity contribution in [1.29, 1.82) is 0 Å². The molecule has 0 aromatic heterocycles. The van der Waals surface area contributed by atoms with E-state index in [2.05, 4.69) is 40.5 Å². The van der Waals surface area contributed by atoms with Gasteiger partial charge in [-0.2, -0.15) is 0 Å². The molecule has 2 aromatic rings. The summed E-state index contributed by atoms with van der Waals surface area (Å²) < 4.78 is 0. The van der Waals surface area contributed by atoms with Gasteiger partial charge < -0.3 is 5.32 Å². The number of nitrogens with one attached hydrogen (secondary N) is 1. The van der Waals surface area contributed by atoms with E-state index in [4.69, 9.17) is 0 Å². The van der Waals surface area contributed by atoms with Crippen molar-refractivity contribution in [2.45, 2.75) is 37.8 Å². The van der Waals surface area contributed by atoms with E-state index in [1.165, 1.54) is 37.1 Å². The number of likely N-dealkylation sites (tertiary alicyclic amines) is 1. The molecule has 1 aliphatic heterocycles. The monoisotopic (exact) mass is 320 g/mol. The lowest BCUT2D eigenvalue weighted by molar-refractivity contribution is 0.0950. The fourth-order valence-electron chi connectivity index (χ4n) is 3.68. The van der Waals surface area contributed by atoms with E-state index < -0.39 is 0 Å². The summed E-state index contributed by atoms with van der Waals surface area (Å²) in [5.41, 5.74) is 3.34. The van der Waals surface area contributed by atoms with E-state index in [0.29, 0.717) is 5.92 Å². The average Bonchev–Trinajstić information content (AvgIpc) is 3.19. The van der Waals surface area contributed by atoms with Gasteiger partial charge in [0.2, 0.25) is 0 Å². The second kappa shape index (κ2) is 6.78. The number of rotatable bonds is 5. The number of hydrogen-bond acceptors (Lipinski definition) is 2. The third-order valence-corrected chi connectivity index (χ3v) is 5.13. The summed E-state index contributed by atoms with van der Waals surface area (Å²) in [5.74, 6) is 0.532. The van der Waals surface area contributed by atoms with Crippen LogP contribution in [0.5, 0.6) is 0 Å². The third-order valence-electron chi connectivity index (χ3n) is 5.13. The maximum Gasteiger partial charge on any atom is 0.251 e. The summed E-state index contributed by atoms with van der Waals surface area (Å²) in [7, 11) is 0. The van der Waals surface area contributed by atoms with E-state index in [1.54, 1.807) is 0 Å². The number of hydrogen-bond donors (Lipinski definition) is 1. The summed E-state index contributed by atoms with van der Waals surface area (Å²) in [5, 5.41) is 3.19. The maximum atomic E-state index is 12.5. The van der Waals surface area contributed by atoms with Crippen molar-refractivity contribution in [1.82, 2.24) is 10.2 Å². The molecular formula is C21H24N2O. The molecule has 1 amide bonds. The SMILES string of the molecule is O=C(N[C@H]1C[C@@H]1c1ccccc1)c1cccc(CN2CCCC2)c1. The molecule has 1 heterocycles. The van der Waals surface area contributed by atoms with Crippen LogP contribution in [0.4, 0.5) is 0 Å². The normalized spacial score (nSPS) is 23.2. The summed E-state index contributed by atoms with van der Waals surface area (Å²) in [6, 6.07) is 18.8. The summed E-state index contributed by atoms with van der Waals surface area (Å²) in [6.45, 7) is 3.31. The molecule has 3 heteroatoms. The Morgan fingerprint density at radius 1 is 1.04 bits per heavy atom. The van der Waals surface area contributed by atoms with Crippen LogP contribution < -0.4 is 5.32 Å². The number of carbonyl (C=O) groups is 1. The zero-order valence-corrected chi connectivity index (χ0v) is 13.9. The van der Waals surface area contributed by atoms with Gasteiger partial charge >= 0.3 is 0 Å². The second-order valence-electron chi connectivity index (χ2n) is 7.02. The molecule has 0 bridgehead atoms. The number of nitrogens with zero attached hydrogens (tertiary/aromatic N) is 1. The van der Waals surface area contributed by atoms with Crippen LogP contribution in [0.2, 0.25) is 0 Å². The molecule has 2 aliphatic rings. The highest BCUT2D eigenvalue weighted by Gasteiger charge is 2.39. The zero-order chi connectivity index (χ0) is 16.4. The Balaban J connectivity index is 1.36. The van der Waals surface area contributed by atoms with Crippen LogP contribution in [0.1, 0.15) is 46.7 Å². The van der Waals surface area contributed by atoms with Crippen LogP contribution in [0.25, 0.3) is 0 Å². The molecule has 2 atom stereocenters. The molecule has 1 saturated carbocycles. The van der Waals surface area contributed by atoms with Crippen LogP contribution in [0, 0.1) is 0 Å². The lowest BCUT2D eigenvalue weighted by Gasteiger charge is -2.15. The molecule has 1 N–H and O–H groups in total. The Morgan fingerprint density at radius 3 is 2.62 bits per heavy atom. The minimum absolute atomic E-state index is 0.0571. The highest BCUT2D eigenvalue weighted by atomic mass is 16.1. The maximum absolute atomic E-state index is 12.5. The number of amides is 1. The number of benzene rings is 2. The Labute approximate surface area is 143 Å². The Hall–Kier alpha value is -2.13. The predicted octanol–water partition coefficient (Wildman–Crippen LogP) is 3.57. The molecule has 24 heavy (non-hydrogen) atoms. The summed E-state index contributed by atoms with van der Waals surface area (Å²) >= 11 is 0. The molecule has 2 aromatic carbocycles. The van der Waals surface area contributed by atoms with Crippen LogP contribution >= 0.6 is 0 Å². The number of carbonyl (C=O) groups excluding carboxylic acids is 1. The first-order valence-electron chi connectivity index (χ1n) is 8.97. The van der Waals surface area contributed by atoms with Gasteiger partial charge in [0.05, 0.1) is 0 Å². The van der Waals surface area contributed by atoms with Gasteiger partial charge in [0, 0.05) is 24.1 Å². The van der Waals surface area contributed by atoms with E-state index in [9.17, 15) is 4.79 Å². The molecular weight excluding hydrogens is 296 g/mol. The molecule has 0 radical (unpaired) electrons. The third kappa shape index (κ3) is 3.51. The topological polar surface area (TPSA) is 32.3 Å². The Morgan fingerprint density at radius 2 is 1.83 bits per heavy atom. The highest BCUT2D eigenvalue weighted by molar-refractivity contribution is 5.94. The fourth-order valence-corrected chi connectivity index (χ4v) is 3.68. The van der Waals surface area contributed by atoms with Crippen molar-refractivity contribution in [3.63, 3.8) is 0 Å². The lowest BCUT2D eigenvalue weighted by atomic mass is 10.1. The van der Waals surface area contributed by atoms with Gasteiger partial charge in [0.1, 0.15) is 0 Å². The van der Waals surface area contributed by atoms with E-state index in [-0.39, 0.29) is 11.9 Å². The first-order valence-corrected chi connectivity index (χ1v) is 8.97. The zero-order valence-electron chi connectivity index (χ0n) is 13.9. The van der Waals surface area contributed by atoms with Gasteiger partial charge in [-0.05, 0) is 55.6 Å². The molecule has 124 valence electrons. The molecule has 0 unspecified atom stereocenters. The summed E-state index contributed by atoms with van der Waals surface area (Å²) in [6.07, 6.45) is 3.63. The van der Waals surface area contributed by atoms with Crippen molar-refractivity contribution >= 4 is 5.91 Å². The lowest BCUT2D eigenvalue weighted by Crippen LogP contribution is -2.27. The van der Waals surface area contributed by atoms with Gasteiger partial charge in [-0.15, -0.1) is 0 Å². The average molecular weight is 320 g/mol. The van der Waals surface area contributed by atoms with Crippen molar-refractivity contribution < 1.29 is 4.79 Å². The highest BCUT2D eigenvalue weighted by Crippen LogP contribution is 2.40. The largest absolute Gasteiger partial charge is 0.349 e. The van der Waals surface area contributed by atoms with Crippen LogP contribution in [0.15, 0.2) is 54.6 Å². The van der Waals surface area contributed by atoms with Crippen LogP contribution in [0.3, 0.4) is 0 Å². The summed E-state index contributed by atoms with van der Waals surface area (Å²) in [4.78, 5) is 15.0. The van der Waals surface area contributed by atoms with Crippen LogP contribution in [-0.2, 0) is 6.54 Å². The Kier molecular flexibility index (Phi) is 4.35. The van der Waals surface area contributed by atoms with Crippen molar-refractivity contribution in [3.8, 4) is 0 Å². The van der Waals surface area contributed by atoms with Gasteiger partial charge in [-0.3, -0.25) is 9.69 Å². The van der Waals surface area contributed by atoms with Crippen molar-refractivity contribution in [3.05, 3.63) is 71.3 Å². The van der Waals surface area contributed by atoms with Gasteiger partial charge in [-0.1, -0.05) is 42.5 Å². The van der Waals surface area contributed by atoms with Gasteiger partial charge in [-0.25, -0.2) is 0 Å². The molecule has 0 spiro atoms. The van der Waals surface area contributed by atoms with E-state index >= 15 is 0 Å². The first-order chi connectivity index (χ1) is 11.8. The molecule has 3 nitrogen and oxygen atoms in total. The molecule has 1 aliphatic carbocycles. The van der Waals surface area contributed by atoms with E-state index in [1.807, 2.05) is 24.3 Å². The fraction of sp³-hybridized carbons (Fsp3) is 0.381. The molecule has 2 fully saturated rings. The second-order valence-corrected chi connectivity index (χ2v) is 7.02. The standard InChI is InChI=1S/C21H24N2O/c24-21(22-20-14-19(20)17-8-2-1-3-9-17)18-10-6-7-16(13-18)15-23-11-4-5-12-23/h1-3,6-10,13,19-20H,4-5,11-12,14-15H2,(H,22,24)/t19-,20+/m1/s1. The quantitative estimate of drug-likeness (QED) is 0.913. The minimum atomic E-state index is 0.0571. The van der Waals surface area contributed by atoms with Crippen LogP contribution in [-0.4, -0.2) is 29.9 Å². The molecule has 1 saturated heterocycles. The smallest absolute Gasteiger partial charge is 0.251 e. The van der Waals surface area contributed by atoms with Crippen molar-refractivity contribution in [2.75, 3.05) is 13.1 Å².